The van der Waals surface area contributed by atoms with Crippen LogP contribution in [0.15, 0.2) is 60.7 Å². The molecule has 0 aliphatic rings. The van der Waals surface area contributed by atoms with Crippen molar-refractivity contribution in [1.29, 1.82) is 0 Å². The van der Waals surface area contributed by atoms with Crippen LogP contribution in [-0.4, -0.2) is 50.1 Å². The van der Waals surface area contributed by atoms with Crippen molar-refractivity contribution in [3.8, 4) is 23.0 Å². The van der Waals surface area contributed by atoms with E-state index in [4.69, 9.17) is 19.1 Å². The fourth-order valence-electron chi connectivity index (χ4n) is 2.72. The van der Waals surface area contributed by atoms with Crippen molar-refractivity contribution in [3.05, 3.63) is 71.8 Å². The predicted molar refractivity (Wildman–Crippen MR) is 133 cm³/mol. The molecule has 0 atom stereocenters. The van der Waals surface area contributed by atoms with Gasteiger partial charge in [-0.25, -0.2) is 4.79 Å². The van der Waals surface area contributed by atoms with Crippen LogP contribution in [0.4, 0.5) is 0 Å². The number of methoxy groups -OCH3 is 2. The highest BCUT2D eigenvalue weighted by atomic mass is 17.2. The quantitative estimate of drug-likeness (QED) is 0.136. The minimum Gasteiger partial charge on any atom is -0.504 e. The van der Waals surface area contributed by atoms with Gasteiger partial charge in [0, 0.05) is 5.57 Å². The molecule has 0 saturated heterocycles. The molecule has 0 aliphatic carbocycles. The largest absolute Gasteiger partial charge is 0.504 e. The molecule has 2 rings (SSSR count). The number of carbonyl (C=O) groups is 3. The Labute approximate surface area is 209 Å². The molecule has 9 nitrogen and oxygen atoms in total. The SMILES string of the molecule is C=C(C)C(=O)OOCCOc1ccc(/C=C/C(=O)CC(=O)/C=C/c2ccc(O)c(OC)c2)cc1OC. The van der Waals surface area contributed by atoms with Crippen LogP contribution in [0.25, 0.3) is 12.2 Å². The van der Waals surface area contributed by atoms with E-state index in [1.165, 1.54) is 39.4 Å². The molecule has 2 aromatic rings. The molecule has 0 fully saturated rings. The van der Waals surface area contributed by atoms with Gasteiger partial charge in [-0.2, -0.15) is 4.89 Å². The van der Waals surface area contributed by atoms with E-state index in [0.717, 1.165) is 0 Å². The van der Waals surface area contributed by atoms with Crippen molar-refractivity contribution in [2.24, 2.45) is 0 Å². The summed E-state index contributed by atoms with van der Waals surface area (Å²) in [7, 11) is 2.90. The average Bonchev–Trinajstić information content (AvgIpc) is 2.86. The molecule has 0 aromatic heterocycles. The monoisotopic (exact) mass is 496 g/mol. The number of aromatic hydroxyl groups is 1. The molecule has 0 unspecified atom stereocenters. The van der Waals surface area contributed by atoms with Crippen LogP contribution >= 0.6 is 0 Å². The van der Waals surface area contributed by atoms with Gasteiger partial charge in [-0.3, -0.25) is 14.5 Å². The first-order valence-electron chi connectivity index (χ1n) is 10.8. The highest BCUT2D eigenvalue weighted by molar-refractivity contribution is 6.10. The number of allylic oxidation sites excluding steroid dienone is 2. The van der Waals surface area contributed by atoms with E-state index in [-0.39, 0.29) is 48.3 Å². The van der Waals surface area contributed by atoms with E-state index in [1.54, 1.807) is 42.5 Å². The molecular formula is C27H28O9. The van der Waals surface area contributed by atoms with Crippen molar-refractivity contribution in [2.75, 3.05) is 27.4 Å². The molecular weight excluding hydrogens is 468 g/mol. The van der Waals surface area contributed by atoms with Gasteiger partial charge in [-0.05, 0) is 54.5 Å². The first kappa shape index (κ1) is 27.9. The van der Waals surface area contributed by atoms with Crippen LogP contribution in [0.1, 0.15) is 24.5 Å². The number of phenols is 1. The summed E-state index contributed by atoms with van der Waals surface area (Å²) in [5.74, 6) is -0.258. The fraction of sp³-hybridized carbons (Fsp3) is 0.222. The Balaban J connectivity index is 1.87. The maximum Gasteiger partial charge on any atom is 0.368 e. The summed E-state index contributed by atoms with van der Waals surface area (Å²) in [6.45, 7) is 5.04. The van der Waals surface area contributed by atoms with E-state index in [9.17, 15) is 19.5 Å². The Kier molecular flexibility index (Phi) is 10.9. The number of ketones is 2. The molecule has 0 aliphatic heterocycles. The summed E-state index contributed by atoms with van der Waals surface area (Å²) in [6, 6.07) is 9.69. The van der Waals surface area contributed by atoms with E-state index >= 15 is 0 Å². The summed E-state index contributed by atoms with van der Waals surface area (Å²) >= 11 is 0. The smallest absolute Gasteiger partial charge is 0.368 e. The molecule has 0 spiro atoms. The lowest BCUT2D eigenvalue weighted by atomic mass is 10.1. The van der Waals surface area contributed by atoms with Crippen LogP contribution in [0, 0.1) is 0 Å². The molecule has 0 bridgehead atoms. The lowest BCUT2D eigenvalue weighted by molar-refractivity contribution is -0.270. The molecule has 1 N–H and O–H groups in total. The second-order valence-corrected chi connectivity index (χ2v) is 7.44. The summed E-state index contributed by atoms with van der Waals surface area (Å²) in [4.78, 5) is 44.8. The molecule has 2 aromatic carbocycles. The summed E-state index contributed by atoms with van der Waals surface area (Å²) in [5.41, 5.74) is 1.53. The van der Waals surface area contributed by atoms with E-state index in [1.807, 2.05) is 0 Å². The third kappa shape index (κ3) is 9.11. The van der Waals surface area contributed by atoms with Crippen LogP contribution in [0.3, 0.4) is 0 Å². The zero-order chi connectivity index (χ0) is 26.5. The molecule has 0 amide bonds. The third-order valence-corrected chi connectivity index (χ3v) is 4.57. The first-order valence-corrected chi connectivity index (χ1v) is 10.8. The Bertz CT molecular complexity index is 1160. The standard InChI is InChI=1S/C27H28O9/c1-18(2)27(31)36-35-14-13-34-24-12-8-20(16-26(24)33-4)6-10-22(29)17-21(28)9-5-19-7-11-23(30)25(15-19)32-3/h5-12,15-16,30H,1,13-14,17H2,2-4H3/b9-5+,10-6+. The van der Waals surface area contributed by atoms with Gasteiger partial charge < -0.3 is 19.3 Å². The maximum absolute atomic E-state index is 12.2. The van der Waals surface area contributed by atoms with E-state index < -0.39 is 5.97 Å². The van der Waals surface area contributed by atoms with Crippen molar-refractivity contribution in [1.82, 2.24) is 0 Å². The van der Waals surface area contributed by atoms with Crippen molar-refractivity contribution in [3.63, 3.8) is 0 Å². The number of benzene rings is 2. The summed E-state index contributed by atoms with van der Waals surface area (Å²) in [5, 5.41) is 9.62. The molecule has 0 radical (unpaired) electrons. The van der Waals surface area contributed by atoms with Gasteiger partial charge in [0.2, 0.25) is 0 Å². The summed E-state index contributed by atoms with van der Waals surface area (Å²) in [6.07, 6.45) is 5.43. The molecule has 36 heavy (non-hydrogen) atoms. The van der Waals surface area contributed by atoms with Crippen LogP contribution in [0.2, 0.25) is 0 Å². The predicted octanol–water partition coefficient (Wildman–Crippen LogP) is 4.09. The Hall–Kier alpha value is -4.37. The van der Waals surface area contributed by atoms with Gasteiger partial charge in [0.1, 0.15) is 13.2 Å². The van der Waals surface area contributed by atoms with Crippen LogP contribution in [0.5, 0.6) is 23.0 Å². The zero-order valence-corrected chi connectivity index (χ0v) is 20.3. The number of phenolic OH excluding ortho intramolecular Hbond substituents is 1. The van der Waals surface area contributed by atoms with Crippen LogP contribution < -0.4 is 14.2 Å². The number of hydrogen-bond donors (Lipinski definition) is 1. The van der Waals surface area contributed by atoms with Gasteiger partial charge in [0.05, 0.1) is 20.6 Å². The highest BCUT2D eigenvalue weighted by Crippen LogP contribution is 2.29. The Morgan fingerprint density at radius 2 is 1.44 bits per heavy atom. The van der Waals surface area contributed by atoms with Crippen LogP contribution in [-0.2, 0) is 24.2 Å². The van der Waals surface area contributed by atoms with Gasteiger partial charge in [-0.15, -0.1) is 0 Å². The number of ether oxygens (including phenoxy) is 3. The second kappa shape index (κ2) is 14.1. The second-order valence-electron chi connectivity index (χ2n) is 7.44. The van der Waals surface area contributed by atoms with Crippen molar-refractivity contribution < 1.29 is 43.5 Å². The van der Waals surface area contributed by atoms with Crippen molar-refractivity contribution >= 4 is 29.7 Å². The number of rotatable bonds is 14. The normalized spacial score (nSPS) is 10.9. The Morgan fingerprint density at radius 3 is 2.03 bits per heavy atom. The highest BCUT2D eigenvalue weighted by Gasteiger charge is 2.08. The molecule has 9 heteroatoms. The third-order valence-electron chi connectivity index (χ3n) is 4.57. The van der Waals surface area contributed by atoms with E-state index in [2.05, 4.69) is 11.5 Å². The minimum atomic E-state index is -0.658. The zero-order valence-electron chi connectivity index (χ0n) is 20.3. The molecule has 0 saturated carbocycles. The van der Waals surface area contributed by atoms with Gasteiger partial charge >= 0.3 is 5.97 Å². The topological polar surface area (TPSA) is 118 Å². The van der Waals surface area contributed by atoms with Gasteiger partial charge in [0.15, 0.2) is 34.6 Å². The van der Waals surface area contributed by atoms with Gasteiger partial charge in [0.25, 0.3) is 0 Å². The first-order chi connectivity index (χ1) is 17.2. The van der Waals surface area contributed by atoms with Gasteiger partial charge in [-0.1, -0.05) is 30.9 Å². The molecule has 190 valence electrons. The Morgan fingerprint density at radius 1 is 0.861 bits per heavy atom. The maximum atomic E-state index is 12.2. The summed E-state index contributed by atoms with van der Waals surface area (Å²) < 4.78 is 15.9. The van der Waals surface area contributed by atoms with Crippen molar-refractivity contribution in [2.45, 2.75) is 13.3 Å². The average molecular weight is 497 g/mol. The molecule has 0 heterocycles. The lowest BCUT2D eigenvalue weighted by Gasteiger charge is -2.11. The minimum absolute atomic E-state index is 0.00109. The van der Waals surface area contributed by atoms with E-state index in [0.29, 0.717) is 22.6 Å². The number of carbonyl (C=O) groups excluding carboxylic acids is 3. The fourth-order valence-corrected chi connectivity index (χ4v) is 2.72. The lowest BCUT2D eigenvalue weighted by Crippen LogP contribution is -2.11. The number of hydrogen-bond acceptors (Lipinski definition) is 9.